The molecule has 0 saturated heterocycles. The number of ether oxygens (including phenoxy) is 2. The number of amides is 1. The third-order valence-corrected chi connectivity index (χ3v) is 5.70. The predicted octanol–water partition coefficient (Wildman–Crippen LogP) is 4.14. The Morgan fingerprint density at radius 2 is 2.14 bits per heavy atom. The number of anilines is 1. The van der Waals surface area contributed by atoms with Crippen molar-refractivity contribution >= 4 is 28.2 Å². The number of benzene rings is 1. The molecule has 1 atom stereocenters. The molecule has 0 fully saturated rings. The lowest BCUT2D eigenvalue weighted by atomic mass is 9.89. The summed E-state index contributed by atoms with van der Waals surface area (Å²) in [6.45, 7) is -1.57. The number of para-hydroxylation sites is 1. The van der Waals surface area contributed by atoms with E-state index in [1.54, 1.807) is 0 Å². The molecule has 9 heteroatoms. The van der Waals surface area contributed by atoms with Gasteiger partial charge in [-0.05, 0) is 42.9 Å². The Hall–Kier alpha value is -2.99. The van der Waals surface area contributed by atoms with Crippen LogP contribution < -0.4 is 10.1 Å². The Morgan fingerprint density at radius 1 is 1.38 bits per heavy atom. The van der Waals surface area contributed by atoms with Crippen molar-refractivity contribution in [3.8, 4) is 11.8 Å². The summed E-state index contributed by atoms with van der Waals surface area (Å²) in [5.74, 6) is -1.39. The zero-order valence-electron chi connectivity index (χ0n) is 15.5. The monoisotopic (exact) mass is 420 g/mol. The molecule has 0 bridgehead atoms. The van der Waals surface area contributed by atoms with Gasteiger partial charge in [0.15, 0.2) is 6.61 Å². The lowest BCUT2D eigenvalue weighted by molar-refractivity contribution is -0.119. The van der Waals surface area contributed by atoms with Gasteiger partial charge < -0.3 is 14.8 Å². The molecule has 0 spiro atoms. The van der Waals surface area contributed by atoms with E-state index >= 15 is 0 Å². The van der Waals surface area contributed by atoms with Crippen LogP contribution in [0, 0.1) is 17.2 Å². The van der Waals surface area contributed by atoms with Gasteiger partial charge in [-0.3, -0.25) is 4.79 Å². The summed E-state index contributed by atoms with van der Waals surface area (Å²) in [6, 6.07) is 7.51. The summed E-state index contributed by atoms with van der Waals surface area (Å²) in [4.78, 5) is 25.4. The van der Waals surface area contributed by atoms with E-state index in [0.29, 0.717) is 16.5 Å². The molecule has 0 radical (unpaired) electrons. The Bertz CT molecular complexity index is 968. The lowest BCUT2D eigenvalue weighted by Gasteiger charge is -2.17. The number of nitrogens with zero attached hydrogens (tertiary/aromatic N) is 1. The molecule has 0 aliphatic heterocycles. The summed E-state index contributed by atoms with van der Waals surface area (Å²) < 4.78 is 34.1. The van der Waals surface area contributed by atoms with E-state index in [0.717, 1.165) is 29.7 Å². The van der Waals surface area contributed by atoms with Crippen molar-refractivity contribution in [2.24, 2.45) is 5.92 Å². The van der Waals surface area contributed by atoms with Crippen molar-refractivity contribution in [1.82, 2.24) is 0 Å². The summed E-state index contributed by atoms with van der Waals surface area (Å²) in [5, 5.41) is 12.5. The van der Waals surface area contributed by atoms with E-state index in [9.17, 15) is 23.6 Å². The first kappa shape index (κ1) is 20.7. The second kappa shape index (κ2) is 9.01. The van der Waals surface area contributed by atoms with E-state index in [4.69, 9.17) is 4.74 Å². The minimum atomic E-state index is -3.09. The highest BCUT2D eigenvalue weighted by atomic mass is 32.1. The number of nitrogens with one attached hydrogen (secondary N) is 1. The maximum Gasteiger partial charge on any atom is 0.387 e. The molecule has 1 N–H and O–H groups in total. The van der Waals surface area contributed by atoms with Gasteiger partial charge in [-0.2, -0.15) is 14.0 Å². The van der Waals surface area contributed by atoms with Crippen molar-refractivity contribution < 1.29 is 27.8 Å². The number of fused-ring (bicyclic) bond motifs is 1. The molecule has 3 rings (SSSR count). The molecule has 1 aliphatic rings. The van der Waals surface area contributed by atoms with E-state index in [1.807, 2.05) is 0 Å². The van der Waals surface area contributed by atoms with Crippen LogP contribution in [0.1, 0.15) is 39.7 Å². The number of rotatable bonds is 6. The number of hydrogen-bond acceptors (Lipinski definition) is 6. The molecule has 152 valence electrons. The molecule has 1 amide bonds. The molecule has 0 saturated carbocycles. The first-order valence-electron chi connectivity index (χ1n) is 8.94. The quantitative estimate of drug-likeness (QED) is 0.710. The van der Waals surface area contributed by atoms with Gasteiger partial charge in [-0.15, -0.1) is 11.3 Å². The number of hydrogen-bond donors (Lipinski definition) is 1. The van der Waals surface area contributed by atoms with Crippen LogP contribution in [0.2, 0.25) is 0 Å². The fraction of sp³-hybridized carbons (Fsp3) is 0.350. The normalized spacial score (nSPS) is 15.3. The van der Waals surface area contributed by atoms with Crippen molar-refractivity contribution in [3.63, 3.8) is 0 Å². The molecule has 6 nitrogen and oxygen atoms in total. The Balaban J connectivity index is 1.64. The van der Waals surface area contributed by atoms with Gasteiger partial charge in [0, 0.05) is 4.88 Å². The van der Waals surface area contributed by atoms with Gasteiger partial charge >= 0.3 is 12.6 Å². The van der Waals surface area contributed by atoms with Crippen molar-refractivity contribution in [1.29, 1.82) is 5.26 Å². The van der Waals surface area contributed by atoms with E-state index in [2.05, 4.69) is 23.0 Å². The average molecular weight is 420 g/mol. The average Bonchev–Trinajstić information content (AvgIpc) is 3.01. The Labute approximate surface area is 170 Å². The predicted molar refractivity (Wildman–Crippen MR) is 102 cm³/mol. The van der Waals surface area contributed by atoms with Crippen molar-refractivity contribution in [3.05, 3.63) is 45.8 Å². The molecular weight excluding hydrogens is 402 g/mol. The number of esters is 1. The number of thiophene rings is 1. The number of carbonyl (C=O) groups excluding carboxylic acids is 2. The second-order valence-electron chi connectivity index (χ2n) is 6.67. The second-order valence-corrected chi connectivity index (χ2v) is 7.77. The highest BCUT2D eigenvalue weighted by molar-refractivity contribution is 7.16. The number of carbonyl (C=O) groups is 2. The number of alkyl halides is 2. The van der Waals surface area contributed by atoms with Gasteiger partial charge in [-0.1, -0.05) is 19.1 Å². The zero-order chi connectivity index (χ0) is 21.0. The van der Waals surface area contributed by atoms with Gasteiger partial charge in [-0.25, -0.2) is 4.79 Å². The van der Waals surface area contributed by atoms with Crippen molar-refractivity contribution in [2.45, 2.75) is 32.8 Å². The summed E-state index contributed by atoms with van der Waals surface area (Å²) >= 11 is 1.36. The fourth-order valence-corrected chi connectivity index (χ4v) is 4.54. The molecule has 2 aromatic rings. The van der Waals surface area contributed by atoms with Crippen LogP contribution in [-0.4, -0.2) is 25.1 Å². The zero-order valence-corrected chi connectivity index (χ0v) is 16.4. The summed E-state index contributed by atoms with van der Waals surface area (Å²) in [5.41, 5.74) is 1.21. The van der Waals surface area contributed by atoms with Crippen molar-refractivity contribution in [2.75, 3.05) is 11.9 Å². The van der Waals surface area contributed by atoms with Crippen LogP contribution in [0.3, 0.4) is 0 Å². The Kier molecular flexibility index (Phi) is 6.44. The van der Waals surface area contributed by atoms with Crippen LogP contribution in [0.25, 0.3) is 0 Å². The molecule has 29 heavy (non-hydrogen) atoms. The molecule has 1 aromatic carbocycles. The minimum absolute atomic E-state index is 0.209. The van der Waals surface area contributed by atoms with E-state index < -0.39 is 25.1 Å². The maximum atomic E-state index is 12.4. The first-order chi connectivity index (χ1) is 13.9. The van der Waals surface area contributed by atoms with Crippen LogP contribution in [-0.2, 0) is 22.4 Å². The standard InChI is InChI=1S/C20H18F2N2O4S/c1-11-6-7-12-14(9-23)18(29-16(12)8-11)24-17(25)10-27-19(26)13-4-2-3-5-15(13)28-20(21)22/h2-5,11,20H,6-8,10H2,1H3,(H,24,25)/t11-/m0/s1. The SMILES string of the molecule is C[C@H]1CCc2c(sc(NC(=O)COC(=O)c3ccccc3OC(F)F)c2C#N)C1. The van der Waals surface area contributed by atoms with Crippen LogP contribution >= 0.6 is 11.3 Å². The lowest BCUT2D eigenvalue weighted by Crippen LogP contribution is -2.21. The van der Waals surface area contributed by atoms with E-state index in [1.165, 1.54) is 35.6 Å². The van der Waals surface area contributed by atoms with Gasteiger partial charge in [0.2, 0.25) is 0 Å². The third kappa shape index (κ3) is 4.90. The molecular formula is C20H18F2N2O4S. The summed E-state index contributed by atoms with van der Waals surface area (Å²) in [6.07, 6.45) is 2.64. The minimum Gasteiger partial charge on any atom is -0.452 e. The molecule has 1 aromatic heterocycles. The Morgan fingerprint density at radius 3 is 2.86 bits per heavy atom. The number of nitriles is 1. The highest BCUT2D eigenvalue weighted by Gasteiger charge is 2.25. The smallest absolute Gasteiger partial charge is 0.387 e. The highest BCUT2D eigenvalue weighted by Crippen LogP contribution is 2.39. The molecule has 1 heterocycles. The van der Waals surface area contributed by atoms with Gasteiger partial charge in [0.05, 0.1) is 5.56 Å². The van der Waals surface area contributed by atoms with E-state index in [-0.39, 0.29) is 11.3 Å². The van der Waals surface area contributed by atoms with Crippen LogP contribution in [0.4, 0.5) is 13.8 Å². The largest absolute Gasteiger partial charge is 0.452 e. The van der Waals surface area contributed by atoms with Gasteiger partial charge in [0.25, 0.3) is 5.91 Å². The molecule has 0 unspecified atom stereocenters. The summed E-state index contributed by atoms with van der Waals surface area (Å²) in [7, 11) is 0. The third-order valence-electron chi connectivity index (χ3n) is 4.53. The topological polar surface area (TPSA) is 88.4 Å². The first-order valence-corrected chi connectivity index (χ1v) is 9.76. The van der Waals surface area contributed by atoms with Gasteiger partial charge in [0.1, 0.15) is 22.4 Å². The fourth-order valence-electron chi connectivity index (χ4n) is 3.16. The number of halogens is 2. The maximum absolute atomic E-state index is 12.4. The molecule has 1 aliphatic carbocycles. The van der Waals surface area contributed by atoms with Crippen LogP contribution in [0.5, 0.6) is 5.75 Å². The van der Waals surface area contributed by atoms with Crippen LogP contribution in [0.15, 0.2) is 24.3 Å².